The van der Waals surface area contributed by atoms with Crippen molar-refractivity contribution in [2.45, 2.75) is 52.1 Å². The Bertz CT molecular complexity index is 1430. The van der Waals surface area contributed by atoms with Gasteiger partial charge >= 0.3 is 0 Å². The highest BCUT2D eigenvalue weighted by atomic mass is 16.1. The normalized spacial score (nSPS) is 17.5. The number of piperidine rings is 2. The number of H-pyrrole nitrogens is 1. The monoisotopic (exact) mass is 523 g/mol. The van der Waals surface area contributed by atoms with Crippen LogP contribution < -0.4 is 5.32 Å². The van der Waals surface area contributed by atoms with E-state index in [2.05, 4.69) is 54.3 Å². The third-order valence-electron chi connectivity index (χ3n) is 8.10. The van der Waals surface area contributed by atoms with E-state index < -0.39 is 0 Å². The predicted octanol–water partition coefficient (Wildman–Crippen LogP) is 5.49. The molecular weight excluding hydrogens is 486 g/mol. The van der Waals surface area contributed by atoms with Crippen LogP contribution in [0.4, 0.5) is 5.69 Å². The molecule has 0 unspecified atom stereocenters. The van der Waals surface area contributed by atoms with E-state index in [0.29, 0.717) is 5.69 Å². The van der Waals surface area contributed by atoms with Crippen LogP contribution in [0.25, 0.3) is 22.0 Å². The average Bonchev–Trinajstić information content (AvgIpc) is 3.39. The second-order valence-electron chi connectivity index (χ2n) is 11.2. The number of carbonyl (C=O) groups is 1. The SMILES string of the molecule is CC1CCN(Cc2cncc(-c3ccc4[nH]nc(C(=O)Nc5ccnc(CN6CCCCC6)c5)c4c3)c2)CC1. The number of rotatable bonds is 7. The van der Waals surface area contributed by atoms with Crippen LogP contribution in [-0.4, -0.2) is 62.1 Å². The van der Waals surface area contributed by atoms with Gasteiger partial charge in [-0.15, -0.1) is 0 Å². The molecule has 8 nitrogen and oxygen atoms in total. The third kappa shape index (κ3) is 6.18. The molecule has 5 heterocycles. The number of aromatic nitrogens is 4. The number of carbonyl (C=O) groups excluding carboxylic acids is 1. The molecule has 8 heteroatoms. The molecule has 0 radical (unpaired) electrons. The molecule has 4 aromatic rings. The average molecular weight is 524 g/mol. The maximum atomic E-state index is 13.3. The Hall–Kier alpha value is -3.62. The van der Waals surface area contributed by atoms with Crippen molar-refractivity contribution in [3.05, 3.63) is 71.9 Å². The summed E-state index contributed by atoms with van der Waals surface area (Å²) < 4.78 is 0. The zero-order valence-corrected chi connectivity index (χ0v) is 22.7. The molecule has 0 aliphatic carbocycles. The number of anilines is 1. The predicted molar refractivity (Wildman–Crippen MR) is 154 cm³/mol. The second kappa shape index (κ2) is 11.6. The van der Waals surface area contributed by atoms with Gasteiger partial charge in [-0.2, -0.15) is 5.10 Å². The standard InChI is InChI=1S/C31H37N7O/c1-22-8-13-38(14-9-22)20-23-15-25(19-32-18-23)24-5-6-29-28(16-24)30(36-35-29)31(39)34-26-7-10-33-27(17-26)21-37-11-3-2-4-12-37/h5-7,10,15-19,22H,2-4,8-9,11-14,20-21H2,1H3,(H,35,36)(H,33,34,39). The van der Waals surface area contributed by atoms with Crippen molar-refractivity contribution in [1.82, 2.24) is 30.0 Å². The minimum atomic E-state index is -0.236. The number of nitrogens with one attached hydrogen (secondary N) is 2. The Morgan fingerprint density at radius 3 is 2.62 bits per heavy atom. The van der Waals surface area contributed by atoms with E-state index in [-0.39, 0.29) is 5.91 Å². The summed E-state index contributed by atoms with van der Waals surface area (Å²) >= 11 is 0. The molecule has 1 amide bonds. The molecule has 1 aromatic carbocycles. The van der Waals surface area contributed by atoms with E-state index in [1.54, 1.807) is 6.20 Å². The molecule has 39 heavy (non-hydrogen) atoms. The van der Waals surface area contributed by atoms with Gasteiger partial charge in [-0.1, -0.05) is 19.4 Å². The van der Waals surface area contributed by atoms with Gasteiger partial charge < -0.3 is 5.32 Å². The molecule has 2 N–H and O–H groups in total. The quantitative estimate of drug-likeness (QED) is 0.333. The fraction of sp³-hybridized carbons (Fsp3) is 0.419. The first-order valence-electron chi connectivity index (χ1n) is 14.2. The lowest BCUT2D eigenvalue weighted by atomic mass is 9.98. The molecule has 0 spiro atoms. The Labute approximate surface area is 229 Å². The number of pyridine rings is 2. The summed E-state index contributed by atoms with van der Waals surface area (Å²) in [6, 6.07) is 12.1. The van der Waals surface area contributed by atoms with Crippen molar-refractivity contribution < 1.29 is 4.79 Å². The Balaban J connectivity index is 1.18. The van der Waals surface area contributed by atoms with Crippen molar-refractivity contribution >= 4 is 22.5 Å². The lowest BCUT2D eigenvalue weighted by Gasteiger charge is -2.30. The summed E-state index contributed by atoms with van der Waals surface area (Å²) in [5.74, 6) is 0.582. The maximum absolute atomic E-state index is 13.3. The van der Waals surface area contributed by atoms with Crippen LogP contribution in [0.1, 0.15) is 60.8 Å². The first-order chi connectivity index (χ1) is 19.1. The summed E-state index contributed by atoms with van der Waals surface area (Å²) in [5.41, 5.74) is 6.19. The van der Waals surface area contributed by atoms with Gasteiger partial charge in [0.2, 0.25) is 0 Å². The Morgan fingerprint density at radius 2 is 1.77 bits per heavy atom. The van der Waals surface area contributed by atoms with Gasteiger partial charge in [0.1, 0.15) is 0 Å². The number of nitrogens with zero attached hydrogens (tertiary/aromatic N) is 5. The van der Waals surface area contributed by atoms with E-state index in [1.807, 2.05) is 36.7 Å². The molecule has 0 bridgehead atoms. The zero-order valence-electron chi connectivity index (χ0n) is 22.7. The molecular formula is C31H37N7O. The van der Waals surface area contributed by atoms with Crippen LogP contribution in [0.2, 0.25) is 0 Å². The number of fused-ring (bicyclic) bond motifs is 1. The van der Waals surface area contributed by atoms with Gasteiger partial charge in [0.05, 0.1) is 11.2 Å². The van der Waals surface area contributed by atoms with Gasteiger partial charge in [-0.05, 0) is 99.2 Å². The van der Waals surface area contributed by atoms with Crippen molar-refractivity contribution in [2.75, 3.05) is 31.5 Å². The van der Waals surface area contributed by atoms with E-state index >= 15 is 0 Å². The van der Waals surface area contributed by atoms with Gasteiger partial charge in [-0.3, -0.25) is 29.7 Å². The molecule has 0 atom stereocenters. The first-order valence-corrected chi connectivity index (χ1v) is 14.2. The number of hydrogen-bond donors (Lipinski definition) is 2. The van der Waals surface area contributed by atoms with Gasteiger partial charge in [0.15, 0.2) is 5.69 Å². The number of amides is 1. The highest BCUT2D eigenvalue weighted by Gasteiger charge is 2.18. The minimum Gasteiger partial charge on any atom is -0.320 e. The molecule has 2 aliphatic rings. The lowest BCUT2D eigenvalue weighted by molar-refractivity contribution is 0.102. The molecule has 0 saturated carbocycles. The van der Waals surface area contributed by atoms with Gasteiger partial charge in [-0.25, -0.2) is 0 Å². The van der Waals surface area contributed by atoms with Crippen molar-refractivity contribution in [1.29, 1.82) is 0 Å². The highest BCUT2D eigenvalue weighted by molar-refractivity contribution is 6.11. The number of likely N-dealkylation sites (tertiary alicyclic amines) is 2. The summed E-state index contributed by atoms with van der Waals surface area (Å²) in [7, 11) is 0. The lowest BCUT2D eigenvalue weighted by Crippen LogP contribution is -2.32. The van der Waals surface area contributed by atoms with Crippen molar-refractivity contribution in [3.8, 4) is 11.1 Å². The third-order valence-corrected chi connectivity index (χ3v) is 8.10. The van der Waals surface area contributed by atoms with Crippen LogP contribution in [0.3, 0.4) is 0 Å². The van der Waals surface area contributed by atoms with Crippen LogP contribution >= 0.6 is 0 Å². The van der Waals surface area contributed by atoms with Gasteiger partial charge in [0, 0.05) is 48.3 Å². The Morgan fingerprint density at radius 1 is 0.949 bits per heavy atom. The first kappa shape index (κ1) is 25.6. The summed E-state index contributed by atoms with van der Waals surface area (Å²) in [5, 5.41) is 11.2. The fourth-order valence-corrected chi connectivity index (χ4v) is 5.76. The minimum absolute atomic E-state index is 0.236. The van der Waals surface area contributed by atoms with Crippen LogP contribution in [-0.2, 0) is 13.1 Å². The number of benzene rings is 1. The van der Waals surface area contributed by atoms with E-state index in [9.17, 15) is 4.79 Å². The summed E-state index contributed by atoms with van der Waals surface area (Å²) in [6.07, 6.45) is 11.9. The molecule has 202 valence electrons. The van der Waals surface area contributed by atoms with Crippen molar-refractivity contribution in [2.24, 2.45) is 5.92 Å². The summed E-state index contributed by atoms with van der Waals surface area (Å²) in [6.45, 7) is 8.56. The smallest absolute Gasteiger partial charge is 0.276 e. The number of hydrogen-bond acceptors (Lipinski definition) is 6. The molecule has 2 saturated heterocycles. The molecule has 3 aromatic heterocycles. The van der Waals surface area contributed by atoms with Crippen LogP contribution in [0, 0.1) is 5.92 Å². The van der Waals surface area contributed by atoms with E-state index in [0.717, 1.165) is 78.6 Å². The van der Waals surface area contributed by atoms with Gasteiger partial charge in [0.25, 0.3) is 5.91 Å². The van der Waals surface area contributed by atoms with Crippen molar-refractivity contribution in [3.63, 3.8) is 0 Å². The fourth-order valence-electron chi connectivity index (χ4n) is 5.76. The largest absolute Gasteiger partial charge is 0.320 e. The van der Waals surface area contributed by atoms with Crippen LogP contribution in [0.5, 0.6) is 0 Å². The maximum Gasteiger partial charge on any atom is 0.276 e. The molecule has 6 rings (SSSR count). The summed E-state index contributed by atoms with van der Waals surface area (Å²) in [4.78, 5) is 27.3. The van der Waals surface area contributed by atoms with E-state index in [4.69, 9.17) is 0 Å². The Kier molecular flexibility index (Phi) is 7.65. The topological polar surface area (TPSA) is 90.0 Å². The van der Waals surface area contributed by atoms with Crippen LogP contribution in [0.15, 0.2) is 55.0 Å². The zero-order chi connectivity index (χ0) is 26.6. The second-order valence-corrected chi connectivity index (χ2v) is 11.2. The van der Waals surface area contributed by atoms with E-state index in [1.165, 1.54) is 37.7 Å². The highest BCUT2D eigenvalue weighted by Crippen LogP contribution is 2.27. The number of aromatic amines is 1. The molecule has 2 aliphatic heterocycles. The molecule has 2 fully saturated rings.